The third kappa shape index (κ3) is 5.52. The van der Waals surface area contributed by atoms with Crippen LogP contribution in [0, 0.1) is 5.92 Å². The summed E-state index contributed by atoms with van der Waals surface area (Å²) in [5, 5.41) is 19.2. The number of carboxylic acid groups (broad SMARTS) is 1. The van der Waals surface area contributed by atoms with Crippen molar-refractivity contribution in [1.29, 1.82) is 0 Å². The fourth-order valence-electron chi connectivity index (χ4n) is 6.56. The zero-order valence-corrected chi connectivity index (χ0v) is 22.4. The summed E-state index contributed by atoms with van der Waals surface area (Å²) >= 11 is 0. The number of carboxylic acids is 1. The van der Waals surface area contributed by atoms with Crippen molar-refractivity contribution in [3.8, 4) is 0 Å². The number of carbonyl (C=O) groups is 1. The summed E-state index contributed by atoms with van der Waals surface area (Å²) in [5.41, 5.74) is 3.93. The first-order chi connectivity index (χ1) is 19.1. The van der Waals surface area contributed by atoms with E-state index in [-0.39, 0.29) is 12.0 Å². The Balaban J connectivity index is 1.07. The lowest BCUT2D eigenvalue weighted by Gasteiger charge is -2.26. The van der Waals surface area contributed by atoms with Gasteiger partial charge in [0.25, 0.3) is 0 Å². The number of alkyl halides is 1. The molecule has 0 bridgehead atoms. The number of unbranched alkanes of at least 4 members (excludes halogenated alkanes) is 1. The normalized spacial score (nSPS) is 23.0. The Bertz CT molecular complexity index is 1310. The van der Waals surface area contributed by atoms with Gasteiger partial charge in [-0.25, -0.2) is 9.37 Å². The van der Waals surface area contributed by atoms with E-state index in [2.05, 4.69) is 22.5 Å². The Morgan fingerprint density at radius 2 is 2.15 bits per heavy atom. The highest BCUT2D eigenvalue weighted by atomic mass is 19.1. The summed E-state index contributed by atoms with van der Waals surface area (Å²) in [6.07, 6.45) is 7.68. The van der Waals surface area contributed by atoms with Crippen LogP contribution in [0.5, 0.6) is 0 Å². The van der Waals surface area contributed by atoms with Gasteiger partial charge in [-0.1, -0.05) is 30.7 Å². The zero-order chi connectivity index (χ0) is 26.8. The minimum absolute atomic E-state index is 0.104. The van der Waals surface area contributed by atoms with E-state index in [0.29, 0.717) is 39.1 Å². The minimum atomic E-state index is -0.931. The second-order valence-electron chi connectivity index (χ2n) is 11.3. The van der Waals surface area contributed by atoms with Crippen molar-refractivity contribution >= 4 is 22.7 Å². The van der Waals surface area contributed by atoms with Crippen LogP contribution < -0.4 is 5.32 Å². The molecule has 208 valence electrons. The molecule has 0 radical (unpaired) electrons. The number of likely N-dealkylation sites (tertiary alicyclic amines) is 1. The summed E-state index contributed by atoms with van der Waals surface area (Å²) in [5.74, 6) is -0.0391. The highest BCUT2D eigenvalue weighted by Gasteiger charge is 2.38. The number of nitrogens with zero attached hydrogens (tertiary/aromatic N) is 4. The van der Waals surface area contributed by atoms with Crippen molar-refractivity contribution in [2.24, 2.45) is 5.92 Å². The van der Waals surface area contributed by atoms with Gasteiger partial charge in [-0.15, -0.1) is 0 Å². The van der Waals surface area contributed by atoms with E-state index in [1.54, 1.807) is 6.20 Å². The Morgan fingerprint density at radius 3 is 3.00 bits per heavy atom. The van der Waals surface area contributed by atoms with Gasteiger partial charge in [0.15, 0.2) is 0 Å². The summed E-state index contributed by atoms with van der Waals surface area (Å²) < 4.78 is 22.9. The van der Waals surface area contributed by atoms with Crippen LogP contribution in [0.2, 0.25) is 0 Å². The van der Waals surface area contributed by atoms with Crippen LogP contribution in [0.4, 0.5) is 10.2 Å². The average Bonchev–Trinajstić information content (AvgIpc) is 3.72. The van der Waals surface area contributed by atoms with Crippen LogP contribution in [0.1, 0.15) is 67.4 Å². The molecule has 1 aromatic carbocycles. The molecule has 3 aromatic rings. The first kappa shape index (κ1) is 26.2. The van der Waals surface area contributed by atoms with Crippen molar-refractivity contribution in [3.05, 3.63) is 53.3 Å². The molecule has 2 saturated heterocycles. The summed E-state index contributed by atoms with van der Waals surface area (Å²) in [4.78, 5) is 19.3. The number of anilines is 1. The van der Waals surface area contributed by atoms with Gasteiger partial charge in [0.2, 0.25) is 0 Å². The fraction of sp³-hybridized carbons (Fsp3) is 0.567. The standard InChI is InChI=1S/C30H38FN5O3/c31-26(9-2-1-7-23-11-10-20-6-4-14-32-29(20)34-23)22-12-15-35(18-22)28(30(37)38)25-8-3-5-21-17-33-36(27(21)25)24-13-16-39-19-24/h3,5,8,10-11,17,22,24,26,28H,1-2,4,6-7,9,12-16,18-19H2,(H,32,34)(H,37,38)/t22-,24+,26+,28-/m1/s1. The quantitative estimate of drug-likeness (QED) is 0.355. The largest absolute Gasteiger partial charge is 0.480 e. The molecule has 2 aromatic heterocycles. The predicted octanol–water partition coefficient (Wildman–Crippen LogP) is 4.95. The average molecular weight is 536 g/mol. The molecule has 39 heavy (non-hydrogen) atoms. The maximum absolute atomic E-state index is 15.3. The van der Waals surface area contributed by atoms with E-state index in [9.17, 15) is 9.90 Å². The Labute approximate surface area is 228 Å². The number of aryl methyl sites for hydroxylation is 2. The fourth-order valence-corrected chi connectivity index (χ4v) is 6.56. The van der Waals surface area contributed by atoms with Crippen molar-refractivity contribution in [2.75, 3.05) is 38.2 Å². The van der Waals surface area contributed by atoms with Gasteiger partial charge < -0.3 is 15.2 Å². The number of hydrogen-bond acceptors (Lipinski definition) is 6. The van der Waals surface area contributed by atoms with Crippen molar-refractivity contribution in [3.63, 3.8) is 0 Å². The molecule has 0 amide bonds. The number of hydrogen-bond donors (Lipinski definition) is 2. The molecule has 5 heterocycles. The third-order valence-corrected chi connectivity index (χ3v) is 8.68. The summed E-state index contributed by atoms with van der Waals surface area (Å²) in [6.45, 7) is 3.27. The van der Waals surface area contributed by atoms with Crippen LogP contribution in [0.3, 0.4) is 0 Å². The SMILES string of the molecule is O=C(O)[C@@H](c1cccc2cnn([C@H]3CCOC3)c12)N1CC[C@@H]([C@@H](F)CCCCc2ccc3c(n2)NCCC3)C1. The van der Waals surface area contributed by atoms with Gasteiger partial charge in [-0.3, -0.25) is 14.4 Å². The summed E-state index contributed by atoms with van der Waals surface area (Å²) in [7, 11) is 0. The number of rotatable bonds is 10. The van der Waals surface area contributed by atoms with E-state index in [0.717, 1.165) is 73.0 Å². The molecule has 9 heteroatoms. The third-order valence-electron chi connectivity index (χ3n) is 8.68. The molecule has 2 fully saturated rings. The molecule has 0 spiro atoms. The highest BCUT2D eigenvalue weighted by Crippen LogP contribution is 2.36. The van der Waals surface area contributed by atoms with E-state index in [1.807, 2.05) is 27.8 Å². The number of aromatic nitrogens is 3. The monoisotopic (exact) mass is 535 g/mol. The molecule has 3 aliphatic heterocycles. The first-order valence-electron chi connectivity index (χ1n) is 14.5. The number of aliphatic carboxylic acids is 1. The van der Waals surface area contributed by atoms with Crippen LogP contribution in [-0.4, -0.2) is 69.8 Å². The molecule has 4 atom stereocenters. The van der Waals surface area contributed by atoms with E-state index in [1.165, 1.54) is 5.56 Å². The Hall–Kier alpha value is -3.04. The second kappa shape index (κ2) is 11.6. The second-order valence-corrected chi connectivity index (χ2v) is 11.3. The van der Waals surface area contributed by atoms with Crippen LogP contribution in [0.25, 0.3) is 10.9 Å². The van der Waals surface area contributed by atoms with Crippen LogP contribution in [-0.2, 0) is 22.4 Å². The van der Waals surface area contributed by atoms with Crippen molar-refractivity contribution in [1.82, 2.24) is 19.7 Å². The topological polar surface area (TPSA) is 92.5 Å². The number of pyridine rings is 1. The Morgan fingerprint density at radius 1 is 1.23 bits per heavy atom. The predicted molar refractivity (Wildman–Crippen MR) is 148 cm³/mol. The molecule has 0 unspecified atom stereocenters. The van der Waals surface area contributed by atoms with Gasteiger partial charge in [-0.2, -0.15) is 5.10 Å². The van der Waals surface area contributed by atoms with Gasteiger partial charge >= 0.3 is 5.97 Å². The van der Waals surface area contributed by atoms with Crippen molar-refractivity contribution in [2.45, 2.75) is 69.6 Å². The number of halogens is 1. The van der Waals surface area contributed by atoms with Crippen LogP contribution in [0.15, 0.2) is 36.5 Å². The van der Waals surface area contributed by atoms with Gasteiger partial charge in [0.1, 0.15) is 18.0 Å². The lowest BCUT2D eigenvalue weighted by Crippen LogP contribution is -2.34. The van der Waals surface area contributed by atoms with Gasteiger partial charge in [0, 0.05) is 42.3 Å². The lowest BCUT2D eigenvalue weighted by atomic mass is 9.97. The molecule has 8 nitrogen and oxygen atoms in total. The van der Waals surface area contributed by atoms with E-state index >= 15 is 4.39 Å². The lowest BCUT2D eigenvalue weighted by molar-refractivity contribution is -0.143. The molecular weight excluding hydrogens is 497 g/mol. The molecule has 0 aliphatic carbocycles. The zero-order valence-electron chi connectivity index (χ0n) is 22.4. The molecule has 6 rings (SSSR count). The molecule has 3 aliphatic rings. The highest BCUT2D eigenvalue weighted by molar-refractivity contribution is 5.88. The number of ether oxygens (including phenoxy) is 1. The maximum atomic E-state index is 15.3. The molecular formula is C30H38FN5O3. The van der Waals surface area contributed by atoms with Gasteiger partial charge in [0.05, 0.1) is 24.4 Å². The van der Waals surface area contributed by atoms with Crippen LogP contribution >= 0.6 is 0 Å². The summed E-state index contributed by atoms with van der Waals surface area (Å²) in [6, 6.07) is 9.30. The van der Waals surface area contributed by atoms with Gasteiger partial charge in [-0.05, 0) is 63.1 Å². The van der Waals surface area contributed by atoms with E-state index < -0.39 is 18.2 Å². The number of para-hydroxylation sites is 1. The van der Waals surface area contributed by atoms with E-state index in [4.69, 9.17) is 9.72 Å². The molecule has 2 N–H and O–H groups in total. The number of nitrogens with one attached hydrogen (secondary N) is 1. The number of fused-ring (bicyclic) bond motifs is 2. The minimum Gasteiger partial charge on any atom is -0.480 e. The van der Waals surface area contributed by atoms with Crippen molar-refractivity contribution < 1.29 is 19.0 Å². The first-order valence-corrected chi connectivity index (χ1v) is 14.5. The molecule has 0 saturated carbocycles. The Kier molecular flexibility index (Phi) is 7.79. The maximum Gasteiger partial charge on any atom is 0.325 e. The smallest absolute Gasteiger partial charge is 0.325 e. The number of benzene rings is 1.